The topological polar surface area (TPSA) is 58.6 Å². The van der Waals surface area contributed by atoms with Crippen LogP contribution in [0.5, 0.6) is 11.5 Å². The van der Waals surface area contributed by atoms with Crippen molar-refractivity contribution < 1.29 is 14.3 Å². The van der Waals surface area contributed by atoms with Crippen LogP contribution < -0.4 is 10.1 Å². The molecule has 140 valence electrons. The molecule has 1 saturated heterocycles. The zero-order chi connectivity index (χ0) is 18.6. The molecule has 2 fully saturated rings. The van der Waals surface area contributed by atoms with Crippen LogP contribution in [0, 0.1) is 5.92 Å². The SMILES string of the molecule is O=C(Nc1ccc(Oc2ccccc2)cc1)C1CC(=O)N(C2CCCC2)C1. The van der Waals surface area contributed by atoms with Crippen molar-refractivity contribution in [2.45, 2.75) is 38.1 Å². The molecule has 0 bridgehead atoms. The number of hydrogen-bond donors (Lipinski definition) is 1. The van der Waals surface area contributed by atoms with Gasteiger partial charge in [0.25, 0.3) is 0 Å². The van der Waals surface area contributed by atoms with Crippen molar-refractivity contribution in [2.24, 2.45) is 5.92 Å². The molecular weight excluding hydrogens is 340 g/mol. The Balaban J connectivity index is 1.33. The molecule has 2 aliphatic rings. The number of ether oxygens (including phenoxy) is 1. The van der Waals surface area contributed by atoms with Gasteiger partial charge in [0.15, 0.2) is 0 Å². The lowest BCUT2D eigenvalue weighted by atomic mass is 10.1. The maximum Gasteiger partial charge on any atom is 0.229 e. The summed E-state index contributed by atoms with van der Waals surface area (Å²) in [5.41, 5.74) is 0.715. The molecule has 1 unspecified atom stereocenters. The fourth-order valence-electron chi connectivity index (χ4n) is 3.95. The van der Waals surface area contributed by atoms with E-state index in [1.807, 2.05) is 59.5 Å². The van der Waals surface area contributed by atoms with Crippen LogP contribution in [0.15, 0.2) is 54.6 Å². The first kappa shape index (κ1) is 17.6. The molecule has 1 atom stereocenters. The van der Waals surface area contributed by atoms with E-state index < -0.39 is 0 Å². The quantitative estimate of drug-likeness (QED) is 0.865. The van der Waals surface area contributed by atoms with E-state index in [1.165, 1.54) is 12.8 Å². The van der Waals surface area contributed by atoms with Gasteiger partial charge in [-0.2, -0.15) is 0 Å². The Bertz CT molecular complexity index is 798. The summed E-state index contributed by atoms with van der Waals surface area (Å²) in [6, 6.07) is 17.2. The molecule has 1 heterocycles. The third-order valence-electron chi connectivity index (χ3n) is 5.40. The van der Waals surface area contributed by atoms with Gasteiger partial charge in [-0.1, -0.05) is 31.0 Å². The predicted octanol–water partition coefficient (Wildman–Crippen LogP) is 4.21. The second-order valence-corrected chi connectivity index (χ2v) is 7.31. The fraction of sp³-hybridized carbons (Fsp3) is 0.364. The van der Waals surface area contributed by atoms with Crippen LogP contribution in [-0.4, -0.2) is 29.3 Å². The number of benzene rings is 2. The number of hydrogen-bond acceptors (Lipinski definition) is 3. The highest BCUT2D eigenvalue weighted by Crippen LogP contribution is 2.30. The zero-order valence-corrected chi connectivity index (χ0v) is 15.3. The number of amides is 2. The molecule has 2 aromatic rings. The third kappa shape index (κ3) is 4.13. The summed E-state index contributed by atoms with van der Waals surface area (Å²) < 4.78 is 5.76. The molecule has 1 aliphatic carbocycles. The molecule has 5 heteroatoms. The standard InChI is InChI=1S/C22H24N2O3/c25-21-14-16(15-24(21)18-6-4-5-7-18)22(26)23-17-10-12-20(13-11-17)27-19-8-2-1-3-9-19/h1-3,8-13,16,18H,4-7,14-15H2,(H,23,26). The summed E-state index contributed by atoms with van der Waals surface area (Å²) in [6.45, 7) is 0.546. The normalized spacial score (nSPS) is 20.1. The van der Waals surface area contributed by atoms with Gasteiger partial charge >= 0.3 is 0 Å². The first-order chi connectivity index (χ1) is 13.2. The van der Waals surface area contributed by atoms with E-state index in [2.05, 4.69) is 5.32 Å². The van der Waals surface area contributed by atoms with Gasteiger partial charge in [-0.3, -0.25) is 9.59 Å². The van der Waals surface area contributed by atoms with Crippen molar-refractivity contribution in [3.63, 3.8) is 0 Å². The lowest BCUT2D eigenvalue weighted by Gasteiger charge is -2.23. The molecule has 0 radical (unpaired) electrons. The maximum absolute atomic E-state index is 12.6. The molecule has 0 aromatic heterocycles. The number of anilines is 1. The van der Waals surface area contributed by atoms with Gasteiger partial charge in [-0.25, -0.2) is 0 Å². The van der Waals surface area contributed by atoms with Gasteiger partial charge in [0, 0.05) is 24.7 Å². The predicted molar refractivity (Wildman–Crippen MR) is 104 cm³/mol. The lowest BCUT2D eigenvalue weighted by Crippen LogP contribution is -2.35. The number of nitrogens with zero attached hydrogens (tertiary/aromatic N) is 1. The minimum atomic E-state index is -0.265. The number of para-hydroxylation sites is 1. The minimum absolute atomic E-state index is 0.0828. The molecule has 1 N–H and O–H groups in total. The summed E-state index contributed by atoms with van der Waals surface area (Å²) in [6.07, 6.45) is 4.83. The van der Waals surface area contributed by atoms with Crippen molar-refractivity contribution in [3.05, 3.63) is 54.6 Å². The number of rotatable bonds is 5. The zero-order valence-electron chi connectivity index (χ0n) is 15.3. The average molecular weight is 364 g/mol. The van der Waals surface area contributed by atoms with Gasteiger partial charge in [0.05, 0.1) is 5.92 Å². The van der Waals surface area contributed by atoms with Crippen LogP contribution in [-0.2, 0) is 9.59 Å². The monoisotopic (exact) mass is 364 g/mol. The Morgan fingerprint density at radius 2 is 1.63 bits per heavy atom. The molecular formula is C22H24N2O3. The minimum Gasteiger partial charge on any atom is -0.457 e. The Kier molecular flexibility index (Phi) is 5.10. The fourth-order valence-corrected chi connectivity index (χ4v) is 3.95. The lowest BCUT2D eigenvalue weighted by molar-refractivity contribution is -0.129. The molecule has 27 heavy (non-hydrogen) atoms. The van der Waals surface area contributed by atoms with Crippen LogP contribution in [0.25, 0.3) is 0 Å². The van der Waals surface area contributed by atoms with Gasteiger partial charge < -0.3 is 15.0 Å². The number of carbonyl (C=O) groups excluding carboxylic acids is 2. The smallest absolute Gasteiger partial charge is 0.229 e. The highest BCUT2D eigenvalue weighted by Gasteiger charge is 2.38. The molecule has 1 aliphatic heterocycles. The molecule has 2 aromatic carbocycles. The molecule has 4 rings (SSSR count). The Labute approximate surface area is 159 Å². The van der Waals surface area contributed by atoms with Crippen molar-refractivity contribution in [2.75, 3.05) is 11.9 Å². The van der Waals surface area contributed by atoms with Gasteiger partial charge in [0.1, 0.15) is 11.5 Å². The Hall–Kier alpha value is -2.82. The Morgan fingerprint density at radius 3 is 2.33 bits per heavy atom. The van der Waals surface area contributed by atoms with Crippen molar-refractivity contribution in [1.82, 2.24) is 4.90 Å². The van der Waals surface area contributed by atoms with Crippen molar-refractivity contribution >= 4 is 17.5 Å². The summed E-state index contributed by atoms with van der Waals surface area (Å²) in [4.78, 5) is 26.8. The summed E-state index contributed by atoms with van der Waals surface area (Å²) >= 11 is 0. The van der Waals surface area contributed by atoms with Crippen molar-refractivity contribution in [3.8, 4) is 11.5 Å². The van der Waals surface area contributed by atoms with Crippen LogP contribution in [0.1, 0.15) is 32.1 Å². The second-order valence-electron chi connectivity index (χ2n) is 7.31. The van der Waals surface area contributed by atoms with E-state index >= 15 is 0 Å². The second kappa shape index (κ2) is 7.82. The number of carbonyl (C=O) groups is 2. The first-order valence-electron chi connectivity index (χ1n) is 9.62. The molecule has 5 nitrogen and oxygen atoms in total. The van der Waals surface area contributed by atoms with E-state index in [9.17, 15) is 9.59 Å². The van der Waals surface area contributed by atoms with Crippen LogP contribution in [0.2, 0.25) is 0 Å². The van der Waals surface area contributed by atoms with Gasteiger partial charge in [-0.15, -0.1) is 0 Å². The molecule has 2 amide bonds. The molecule has 0 spiro atoms. The van der Waals surface area contributed by atoms with Crippen LogP contribution in [0.4, 0.5) is 5.69 Å². The number of likely N-dealkylation sites (tertiary alicyclic amines) is 1. The van der Waals surface area contributed by atoms with E-state index in [-0.39, 0.29) is 17.7 Å². The van der Waals surface area contributed by atoms with Gasteiger partial charge in [0.2, 0.25) is 11.8 Å². The average Bonchev–Trinajstić information content (AvgIpc) is 3.34. The summed E-state index contributed by atoms with van der Waals surface area (Å²) in [5, 5.41) is 2.93. The van der Waals surface area contributed by atoms with E-state index in [0.29, 0.717) is 30.4 Å². The van der Waals surface area contributed by atoms with E-state index in [0.717, 1.165) is 18.6 Å². The summed E-state index contributed by atoms with van der Waals surface area (Å²) in [7, 11) is 0. The highest BCUT2D eigenvalue weighted by atomic mass is 16.5. The molecule has 1 saturated carbocycles. The highest BCUT2D eigenvalue weighted by molar-refractivity contribution is 5.97. The van der Waals surface area contributed by atoms with Crippen LogP contribution in [0.3, 0.4) is 0 Å². The number of nitrogens with one attached hydrogen (secondary N) is 1. The van der Waals surface area contributed by atoms with E-state index in [4.69, 9.17) is 4.74 Å². The Morgan fingerprint density at radius 1 is 0.963 bits per heavy atom. The third-order valence-corrected chi connectivity index (χ3v) is 5.40. The first-order valence-corrected chi connectivity index (χ1v) is 9.62. The van der Waals surface area contributed by atoms with E-state index in [1.54, 1.807) is 0 Å². The summed E-state index contributed by atoms with van der Waals surface area (Å²) in [5.74, 6) is 1.25. The largest absolute Gasteiger partial charge is 0.457 e. The maximum atomic E-state index is 12.6. The van der Waals surface area contributed by atoms with Gasteiger partial charge in [-0.05, 0) is 49.2 Å². The van der Waals surface area contributed by atoms with Crippen molar-refractivity contribution in [1.29, 1.82) is 0 Å². The van der Waals surface area contributed by atoms with Crippen LogP contribution >= 0.6 is 0 Å².